The first-order valence-corrected chi connectivity index (χ1v) is 12.5. The van der Waals surface area contributed by atoms with Crippen molar-refractivity contribution in [1.29, 1.82) is 0 Å². The molecule has 0 amide bonds. The van der Waals surface area contributed by atoms with Crippen LogP contribution in [0, 0.1) is 27.7 Å². The van der Waals surface area contributed by atoms with Crippen molar-refractivity contribution in [1.82, 2.24) is 19.2 Å². The average Bonchev–Trinajstić information content (AvgIpc) is 3.25. The summed E-state index contributed by atoms with van der Waals surface area (Å²) in [6.07, 6.45) is 0.695. The topological polar surface area (TPSA) is 78.5 Å². The molecule has 0 aliphatic rings. The van der Waals surface area contributed by atoms with Crippen molar-refractivity contribution in [2.24, 2.45) is 0 Å². The van der Waals surface area contributed by atoms with E-state index in [1.165, 1.54) is 11.8 Å². The number of rotatable bonds is 9. The van der Waals surface area contributed by atoms with E-state index < -0.39 is 0 Å². The van der Waals surface area contributed by atoms with E-state index in [4.69, 9.17) is 4.74 Å². The van der Waals surface area contributed by atoms with Gasteiger partial charge in [0.2, 0.25) is 5.78 Å². The molecule has 34 heavy (non-hydrogen) atoms. The second-order valence-corrected chi connectivity index (χ2v) is 9.43. The van der Waals surface area contributed by atoms with E-state index in [9.17, 15) is 9.59 Å². The Morgan fingerprint density at radius 1 is 1.06 bits per heavy atom. The highest BCUT2D eigenvalue weighted by molar-refractivity contribution is 7.99. The van der Waals surface area contributed by atoms with Gasteiger partial charge in [0.15, 0.2) is 10.9 Å². The maximum Gasteiger partial charge on any atom is 0.262 e. The molecule has 0 bridgehead atoms. The fraction of sp³-hybridized carbons (Fsp3) is 0.385. The molecule has 4 rings (SSSR count). The molecule has 0 radical (unpaired) electrons. The number of fused-ring (bicyclic) bond motifs is 3. The summed E-state index contributed by atoms with van der Waals surface area (Å²) in [6, 6.07) is 9.58. The Balaban J connectivity index is 1.72. The van der Waals surface area contributed by atoms with E-state index in [2.05, 4.69) is 16.3 Å². The van der Waals surface area contributed by atoms with Crippen molar-refractivity contribution in [3.8, 4) is 0 Å². The average molecular weight is 479 g/mol. The van der Waals surface area contributed by atoms with Crippen molar-refractivity contribution in [2.45, 2.75) is 52.7 Å². The van der Waals surface area contributed by atoms with E-state index >= 15 is 0 Å². The first-order valence-electron chi connectivity index (χ1n) is 11.5. The summed E-state index contributed by atoms with van der Waals surface area (Å²) in [5.74, 6) is 0.787. The number of nitrogens with zero attached hydrogens (tertiary/aromatic N) is 4. The molecule has 0 N–H and O–H groups in total. The molecular weight excluding hydrogens is 448 g/mol. The number of carbonyl (C=O) groups is 1. The zero-order valence-corrected chi connectivity index (χ0v) is 21.2. The number of carbonyl (C=O) groups excluding carboxylic acids is 1. The van der Waals surface area contributed by atoms with Crippen LogP contribution in [0.25, 0.3) is 16.7 Å². The van der Waals surface area contributed by atoms with Gasteiger partial charge in [-0.3, -0.25) is 18.6 Å². The summed E-state index contributed by atoms with van der Waals surface area (Å²) in [6.45, 7) is 11.7. The molecule has 178 valence electrons. The quantitative estimate of drug-likeness (QED) is 0.197. The largest absolute Gasteiger partial charge is 0.382 e. The number of aryl methyl sites for hydroxylation is 3. The van der Waals surface area contributed by atoms with Crippen LogP contribution in [-0.4, -0.2) is 43.9 Å². The van der Waals surface area contributed by atoms with Crippen molar-refractivity contribution in [3.05, 3.63) is 68.5 Å². The molecule has 0 atom stereocenters. The van der Waals surface area contributed by atoms with Crippen LogP contribution in [0.2, 0.25) is 0 Å². The lowest BCUT2D eigenvalue weighted by Gasteiger charge is -2.14. The maximum absolute atomic E-state index is 13.3. The molecule has 0 saturated carbocycles. The van der Waals surface area contributed by atoms with Gasteiger partial charge in [-0.1, -0.05) is 30.0 Å². The van der Waals surface area contributed by atoms with Crippen molar-refractivity contribution in [2.75, 3.05) is 19.0 Å². The number of ether oxygens (including phenoxy) is 1. The molecule has 2 aromatic carbocycles. The Morgan fingerprint density at radius 3 is 2.47 bits per heavy atom. The minimum atomic E-state index is -0.0962. The van der Waals surface area contributed by atoms with Crippen LogP contribution in [0.5, 0.6) is 0 Å². The van der Waals surface area contributed by atoms with Crippen LogP contribution in [-0.2, 0) is 11.3 Å². The minimum Gasteiger partial charge on any atom is -0.382 e. The predicted molar refractivity (Wildman–Crippen MR) is 136 cm³/mol. The second-order valence-electron chi connectivity index (χ2n) is 8.49. The smallest absolute Gasteiger partial charge is 0.262 e. The zero-order chi connectivity index (χ0) is 24.4. The van der Waals surface area contributed by atoms with Crippen LogP contribution in [0.1, 0.15) is 46.0 Å². The lowest BCUT2D eigenvalue weighted by Crippen LogP contribution is -2.24. The molecule has 0 aliphatic heterocycles. The zero-order valence-electron chi connectivity index (χ0n) is 20.3. The number of hydrogen-bond acceptors (Lipinski definition) is 6. The Labute approximate surface area is 203 Å². The highest BCUT2D eigenvalue weighted by Crippen LogP contribution is 2.26. The predicted octanol–water partition coefficient (Wildman–Crippen LogP) is 4.68. The molecule has 2 aromatic heterocycles. The van der Waals surface area contributed by atoms with Gasteiger partial charge >= 0.3 is 0 Å². The van der Waals surface area contributed by atoms with E-state index in [0.717, 1.165) is 33.3 Å². The van der Waals surface area contributed by atoms with Gasteiger partial charge in [-0.15, -0.1) is 10.2 Å². The highest BCUT2D eigenvalue weighted by atomic mass is 32.2. The summed E-state index contributed by atoms with van der Waals surface area (Å²) in [4.78, 5) is 26.4. The van der Waals surface area contributed by atoms with Gasteiger partial charge in [0.05, 0.1) is 16.7 Å². The second kappa shape index (κ2) is 10.1. The molecular formula is C26H30N4O3S. The molecule has 0 unspecified atom stereocenters. The number of ketones is 1. The fourth-order valence-corrected chi connectivity index (χ4v) is 5.15. The Kier molecular flexibility index (Phi) is 7.19. The van der Waals surface area contributed by atoms with Gasteiger partial charge < -0.3 is 4.74 Å². The molecule has 0 saturated heterocycles. The summed E-state index contributed by atoms with van der Waals surface area (Å²) < 4.78 is 8.98. The van der Waals surface area contributed by atoms with Crippen LogP contribution >= 0.6 is 11.8 Å². The molecule has 0 fully saturated rings. The summed E-state index contributed by atoms with van der Waals surface area (Å²) in [5, 5.41) is 9.91. The summed E-state index contributed by atoms with van der Waals surface area (Å²) >= 11 is 1.35. The van der Waals surface area contributed by atoms with Gasteiger partial charge in [0.25, 0.3) is 5.56 Å². The van der Waals surface area contributed by atoms with Gasteiger partial charge in [0.1, 0.15) is 0 Å². The fourth-order valence-electron chi connectivity index (χ4n) is 4.34. The van der Waals surface area contributed by atoms with E-state index in [0.29, 0.717) is 42.5 Å². The summed E-state index contributed by atoms with van der Waals surface area (Å²) in [7, 11) is 0. The number of hydrogen-bond donors (Lipinski definition) is 0. The molecule has 8 heteroatoms. The minimum absolute atomic E-state index is 0.0675. The number of para-hydroxylation sites is 1. The Hall–Kier alpha value is -2.97. The Bertz CT molecular complexity index is 1410. The van der Waals surface area contributed by atoms with Gasteiger partial charge in [-0.25, -0.2) is 0 Å². The number of thioether (sulfide) groups is 1. The van der Waals surface area contributed by atoms with E-state index in [1.54, 1.807) is 4.57 Å². The maximum atomic E-state index is 13.3. The normalized spacial score (nSPS) is 11.6. The lowest BCUT2D eigenvalue weighted by molar-refractivity contribution is 0.102. The summed E-state index contributed by atoms with van der Waals surface area (Å²) in [5.41, 5.74) is 5.71. The van der Waals surface area contributed by atoms with Crippen LogP contribution in [0.15, 0.2) is 40.3 Å². The van der Waals surface area contributed by atoms with Crippen molar-refractivity contribution >= 4 is 34.2 Å². The van der Waals surface area contributed by atoms with Gasteiger partial charge in [0, 0.05) is 25.3 Å². The number of benzene rings is 2. The SMILES string of the molecule is CCOCCCn1c(=O)c2ccccc2n2c(SCC(=O)c3c(C)c(C)cc(C)c3C)nnc12. The number of Topliss-reactive ketones (excluding diaryl/α,β-unsaturated/α-hetero) is 1. The van der Waals surface area contributed by atoms with Crippen molar-refractivity contribution in [3.63, 3.8) is 0 Å². The Morgan fingerprint density at radius 2 is 1.76 bits per heavy atom. The van der Waals surface area contributed by atoms with E-state index in [-0.39, 0.29) is 17.1 Å². The van der Waals surface area contributed by atoms with Crippen LogP contribution in [0.4, 0.5) is 0 Å². The third kappa shape index (κ3) is 4.40. The highest BCUT2D eigenvalue weighted by Gasteiger charge is 2.20. The van der Waals surface area contributed by atoms with Crippen molar-refractivity contribution < 1.29 is 9.53 Å². The molecule has 0 spiro atoms. The number of aromatic nitrogens is 4. The lowest BCUT2D eigenvalue weighted by atomic mass is 9.92. The van der Waals surface area contributed by atoms with Crippen LogP contribution in [0.3, 0.4) is 0 Å². The van der Waals surface area contributed by atoms with Crippen LogP contribution < -0.4 is 5.56 Å². The molecule has 4 aromatic rings. The third-order valence-corrected chi connectivity index (χ3v) is 7.26. The van der Waals surface area contributed by atoms with Gasteiger partial charge in [-0.2, -0.15) is 0 Å². The first-order chi connectivity index (χ1) is 16.3. The molecule has 2 heterocycles. The standard InChI is InChI=1S/C26H30N4O3S/c1-6-33-13-9-12-29-24(32)20-10-7-8-11-21(20)30-25(29)27-28-26(30)34-15-22(31)23-18(4)16(2)14-17(3)19(23)5/h7-8,10-11,14H,6,9,12-13,15H2,1-5H3. The van der Waals surface area contributed by atoms with Gasteiger partial charge in [-0.05, 0) is 75.4 Å². The molecule has 7 nitrogen and oxygen atoms in total. The first kappa shape index (κ1) is 24.2. The van der Waals surface area contributed by atoms with E-state index in [1.807, 2.05) is 63.3 Å². The monoisotopic (exact) mass is 478 g/mol. The molecule has 0 aliphatic carbocycles. The third-order valence-electron chi connectivity index (χ3n) is 6.33.